The number of nitrogens with zero attached hydrogens (tertiary/aromatic N) is 3. The average molecular weight is 246 g/mol. The van der Waals surface area contributed by atoms with E-state index in [4.69, 9.17) is 5.73 Å². The Morgan fingerprint density at radius 1 is 1.28 bits per heavy atom. The molecule has 3 heterocycles. The van der Waals surface area contributed by atoms with Gasteiger partial charge < -0.3 is 10.6 Å². The summed E-state index contributed by atoms with van der Waals surface area (Å²) < 4.78 is 0. The van der Waals surface area contributed by atoms with Gasteiger partial charge in [0.25, 0.3) is 0 Å². The maximum Gasteiger partial charge on any atom is 0.123 e. The summed E-state index contributed by atoms with van der Waals surface area (Å²) in [5.41, 5.74) is 7.49. The van der Waals surface area contributed by atoms with E-state index >= 15 is 0 Å². The molecular weight excluding hydrogens is 224 g/mol. The molecule has 2 saturated heterocycles. The number of nitrogen functional groups attached to an aromatic ring is 1. The lowest BCUT2D eigenvalue weighted by Gasteiger charge is -2.54. The van der Waals surface area contributed by atoms with Crippen LogP contribution in [0.4, 0.5) is 5.82 Å². The smallest absolute Gasteiger partial charge is 0.123 e. The molecule has 0 radical (unpaired) electrons. The molecule has 0 aliphatic carbocycles. The summed E-state index contributed by atoms with van der Waals surface area (Å²) in [6, 6.07) is 3.97. The average Bonchev–Trinajstić information content (AvgIpc) is 2.33. The molecule has 0 saturated carbocycles. The summed E-state index contributed by atoms with van der Waals surface area (Å²) in [4.78, 5) is 9.12. The number of aromatic nitrogens is 1. The van der Waals surface area contributed by atoms with Gasteiger partial charge in [-0.3, -0.25) is 4.90 Å². The summed E-state index contributed by atoms with van der Waals surface area (Å²) in [5, 5.41) is 0. The Hall–Kier alpha value is -1.13. The third-order valence-corrected chi connectivity index (χ3v) is 4.42. The molecule has 0 bridgehead atoms. The Bertz CT molecular complexity index is 398. The van der Waals surface area contributed by atoms with Gasteiger partial charge in [-0.25, -0.2) is 4.98 Å². The fourth-order valence-electron chi connectivity index (χ4n) is 3.21. The zero-order chi connectivity index (χ0) is 12.6. The van der Waals surface area contributed by atoms with Crippen molar-refractivity contribution in [2.45, 2.75) is 19.4 Å². The van der Waals surface area contributed by atoms with Crippen molar-refractivity contribution >= 4 is 5.82 Å². The molecule has 2 fully saturated rings. The van der Waals surface area contributed by atoms with E-state index in [0.717, 1.165) is 6.54 Å². The summed E-state index contributed by atoms with van der Waals surface area (Å²) in [7, 11) is 2.23. The summed E-state index contributed by atoms with van der Waals surface area (Å²) in [6.07, 6.45) is 4.62. The van der Waals surface area contributed by atoms with Crippen LogP contribution in [0.5, 0.6) is 0 Å². The van der Waals surface area contributed by atoms with E-state index in [9.17, 15) is 0 Å². The van der Waals surface area contributed by atoms with E-state index in [-0.39, 0.29) is 0 Å². The molecule has 1 spiro atoms. The van der Waals surface area contributed by atoms with Gasteiger partial charge in [0.15, 0.2) is 0 Å². The van der Waals surface area contributed by atoms with E-state index in [1.54, 1.807) is 0 Å². The van der Waals surface area contributed by atoms with Gasteiger partial charge in [0.05, 0.1) is 0 Å². The first-order chi connectivity index (χ1) is 8.65. The quantitative estimate of drug-likeness (QED) is 0.851. The van der Waals surface area contributed by atoms with Crippen molar-refractivity contribution in [1.82, 2.24) is 14.8 Å². The van der Waals surface area contributed by atoms with Crippen LogP contribution in [-0.2, 0) is 6.54 Å². The molecule has 1 aromatic rings. The molecule has 0 atom stereocenters. The Balaban J connectivity index is 1.52. The normalized spacial score (nSPS) is 24.1. The highest BCUT2D eigenvalue weighted by atomic mass is 15.2. The van der Waals surface area contributed by atoms with Crippen molar-refractivity contribution < 1.29 is 0 Å². The lowest BCUT2D eigenvalue weighted by atomic mass is 9.72. The predicted molar refractivity (Wildman–Crippen MR) is 73.1 cm³/mol. The van der Waals surface area contributed by atoms with Gasteiger partial charge >= 0.3 is 0 Å². The van der Waals surface area contributed by atoms with Gasteiger partial charge in [-0.2, -0.15) is 0 Å². The number of rotatable bonds is 2. The molecular formula is C14H22N4. The van der Waals surface area contributed by atoms with Crippen LogP contribution in [0.3, 0.4) is 0 Å². The van der Waals surface area contributed by atoms with E-state index in [1.165, 1.54) is 44.6 Å². The first kappa shape index (κ1) is 11.9. The highest BCUT2D eigenvalue weighted by molar-refractivity contribution is 5.29. The van der Waals surface area contributed by atoms with Crippen LogP contribution in [0.1, 0.15) is 18.4 Å². The van der Waals surface area contributed by atoms with Crippen LogP contribution in [-0.4, -0.2) is 48.0 Å². The van der Waals surface area contributed by atoms with Crippen LogP contribution < -0.4 is 5.73 Å². The SMILES string of the molecule is CN1CCC2(CC1)CN(Cc1ccc(N)nc1)C2. The second-order valence-corrected chi connectivity index (χ2v) is 6.04. The molecule has 3 rings (SSSR count). The third kappa shape index (κ3) is 2.35. The zero-order valence-corrected chi connectivity index (χ0v) is 11.1. The van der Waals surface area contributed by atoms with Crippen molar-refractivity contribution in [3.8, 4) is 0 Å². The minimum atomic E-state index is 0.606. The molecule has 0 amide bonds. The number of likely N-dealkylation sites (tertiary alicyclic amines) is 2. The molecule has 98 valence electrons. The highest BCUT2D eigenvalue weighted by Gasteiger charge is 2.43. The third-order valence-electron chi connectivity index (χ3n) is 4.42. The maximum atomic E-state index is 5.60. The lowest BCUT2D eigenvalue weighted by molar-refractivity contribution is -0.0471. The molecule has 0 aromatic carbocycles. The van der Waals surface area contributed by atoms with Gasteiger partial charge in [-0.15, -0.1) is 0 Å². The second-order valence-electron chi connectivity index (χ2n) is 6.04. The van der Waals surface area contributed by atoms with Crippen molar-refractivity contribution in [3.05, 3.63) is 23.9 Å². The van der Waals surface area contributed by atoms with Gasteiger partial charge in [-0.05, 0) is 50.0 Å². The number of piperidine rings is 1. The standard InChI is InChI=1S/C14H22N4/c1-17-6-4-14(5-7-17)10-18(11-14)9-12-2-3-13(15)16-8-12/h2-3,8H,4-7,9-11H2,1H3,(H2,15,16). The van der Waals surface area contributed by atoms with Crippen molar-refractivity contribution in [2.24, 2.45) is 5.41 Å². The Morgan fingerprint density at radius 2 is 2.00 bits per heavy atom. The maximum absolute atomic E-state index is 5.60. The summed E-state index contributed by atoms with van der Waals surface area (Å²) in [5.74, 6) is 0.606. The molecule has 2 N–H and O–H groups in total. The topological polar surface area (TPSA) is 45.4 Å². The van der Waals surface area contributed by atoms with Crippen LogP contribution in [0.25, 0.3) is 0 Å². The fourth-order valence-corrected chi connectivity index (χ4v) is 3.21. The van der Waals surface area contributed by atoms with Gasteiger partial charge in [0, 0.05) is 25.8 Å². The lowest BCUT2D eigenvalue weighted by Crippen LogP contribution is -2.59. The minimum absolute atomic E-state index is 0.606. The van der Waals surface area contributed by atoms with E-state index in [2.05, 4.69) is 27.9 Å². The number of anilines is 1. The highest BCUT2D eigenvalue weighted by Crippen LogP contribution is 2.40. The van der Waals surface area contributed by atoms with Crippen LogP contribution in [0.2, 0.25) is 0 Å². The van der Waals surface area contributed by atoms with E-state index in [0.29, 0.717) is 11.2 Å². The molecule has 0 unspecified atom stereocenters. The minimum Gasteiger partial charge on any atom is -0.384 e. The Kier molecular flexibility index (Phi) is 2.99. The number of hydrogen-bond donors (Lipinski definition) is 1. The van der Waals surface area contributed by atoms with Crippen molar-refractivity contribution in [2.75, 3.05) is 39.0 Å². The molecule has 1 aromatic heterocycles. The number of nitrogens with two attached hydrogens (primary N) is 1. The molecule has 4 nitrogen and oxygen atoms in total. The van der Waals surface area contributed by atoms with Crippen LogP contribution >= 0.6 is 0 Å². The Labute approximate surface area is 109 Å². The van der Waals surface area contributed by atoms with Gasteiger partial charge in [0.2, 0.25) is 0 Å². The molecule has 18 heavy (non-hydrogen) atoms. The Morgan fingerprint density at radius 3 is 2.61 bits per heavy atom. The first-order valence-corrected chi connectivity index (χ1v) is 6.77. The predicted octanol–water partition coefficient (Wildman–Crippen LogP) is 1.19. The van der Waals surface area contributed by atoms with Crippen LogP contribution in [0, 0.1) is 5.41 Å². The van der Waals surface area contributed by atoms with E-state index in [1.807, 2.05) is 12.3 Å². The summed E-state index contributed by atoms with van der Waals surface area (Å²) in [6.45, 7) is 6.05. The van der Waals surface area contributed by atoms with Gasteiger partial charge in [-0.1, -0.05) is 6.07 Å². The second kappa shape index (κ2) is 4.52. The zero-order valence-electron chi connectivity index (χ0n) is 11.1. The van der Waals surface area contributed by atoms with Crippen molar-refractivity contribution in [1.29, 1.82) is 0 Å². The first-order valence-electron chi connectivity index (χ1n) is 6.77. The fraction of sp³-hybridized carbons (Fsp3) is 0.643. The van der Waals surface area contributed by atoms with Gasteiger partial charge in [0.1, 0.15) is 5.82 Å². The molecule has 2 aliphatic rings. The molecule has 4 heteroatoms. The van der Waals surface area contributed by atoms with Crippen molar-refractivity contribution in [3.63, 3.8) is 0 Å². The molecule has 2 aliphatic heterocycles. The largest absolute Gasteiger partial charge is 0.384 e. The van der Waals surface area contributed by atoms with E-state index < -0.39 is 0 Å². The number of hydrogen-bond acceptors (Lipinski definition) is 4. The number of pyridine rings is 1. The monoisotopic (exact) mass is 246 g/mol. The summed E-state index contributed by atoms with van der Waals surface area (Å²) >= 11 is 0. The van der Waals surface area contributed by atoms with Crippen LogP contribution in [0.15, 0.2) is 18.3 Å².